The highest BCUT2D eigenvalue weighted by atomic mass is 19.1. The van der Waals surface area contributed by atoms with Gasteiger partial charge in [-0.2, -0.15) is 0 Å². The summed E-state index contributed by atoms with van der Waals surface area (Å²) >= 11 is 0. The van der Waals surface area contributed by atoms with Crippen LogP contribution in [0.1, 0.15) is 18.1 Å². The van der Waals surface area contributed by atoms with E-state index in [1.165, 1.54) is 28.9 Å². The van der Waals surface area contributed by atoms with E-state index in [0.717, 1.165) is 37.3 Å². The van der Waals surface area contributed by atoms with Crippen LogP contribution in [-0.2, 0) is 22.6 Å². The molecule has 0 aliphatic carbocycles. The molecule has 6 nitrogen and oxygen atoms in total. The molecular weight excluding hydrogens is 397 g/mol. The first-order valence-corrected chi connectivity index (χ1v) is 10.8. The number of rotatable bonds is 9. The van der Waals surface area contributed by atoms with Crippen LogP contribution in [0.3, 0.4) is 0 Å². The number of ether oxygens (including phenoxy) is 1. The smallest absolute Gasteiger partial charge is 0.275 e. The van der Waals surface area contributed by atoms with E-state index in [2.05, 4.69) is 5.32 Å². The van der Waals surface area contributed by atoms with Crippen molar-refractivity contribution in [2.45, 2.75) is 25.9 Å². The zero-order chi connectivity index (χ0) is 22.2. The Hall–Kier alpha value is -2.77. The fraction of sp³-hybridized carbons (Fsp3) is 0.417. The molecule has 1 amide bonds. The van der Waals surface area contributed by atoms with Gasteiger partial charge in [0.05, 0.1) is 18.7 Å². The summed E-state index contributed by atoms with van der Waals surface area (Å²) in [5.41, 5.74) is 1.89. The summed E-state index contributed by atoms with van der Waals surface area (Å²) in [5.74, 6) is 0.315. The van der Waals surface area contributed by atoms with E-state index in [9.17, 15) is 14.0 Å². The normalized spacial score (nSPS) is 19.5. The van der Waals surface area contributed by atoms with Gasteiger partial charge in [-0.05, 0) is 37.1 Å². The predicted octanol–water partition coefficient (Wildman–Crippen LogP) is -0.566. The highest BCUT2D eigenvalue weighted by molar-refractivity contribution is 5.88. The number of hydrogen-bond acceptors (Lipinski definition) is 3. The number of Topliss-reactive ketones (excluding diaryl/α,β-unsaturated/α-hetero) is 1. The molecule has 7 heteroatoms. The lowest BCUT2D eigenvalue weighted by Crippen LogP contribution is -3.28. The van der Waals surface area contributed by atoms with Crippen molar-refractivity contribution in [1.29, 1.82) is 0 Å². The molecule has 1 aliphatic rings. The Bertz CT molecular complexity index is 883. The van der Waals surface area contributed by atoms with Crippen LogP contribution in [0.5, 0.6) is 5.75 Å². The molecule has 0 spiro atoms. The number of methoxy groups -OCH3 is 1. The molecule has 3 rings (SSSR count). The van der Waals surface area contributed by atoms with Crippen molar-refractivity contribution in [3.8, 4) is 5.75 Å². The maximum absolute atomic E-state index is 13.6. The van der Waals surface area contributed by atoms with Crippen LogP contribution in [0.2, 0.25) is 0 Å². The lowest BCUT2D eigenvalue weighted by molar-refractivity contribution is -1.02. The number of carbonyl (C=O) groups excluding carboxylic acids is 2. The van der Waals surface area contributed by atoms with Gasteiger partial charge in [-0.15, -0.1) is 0 Å². The van der Waals surface area contributed by atoms with E-state index in [0.29, 0.717) is 25.3 Å². The third-order valence-corrected chi connectivity index (χ3v) is 5.87. The van der Waals surface area contributed by atoms with Crippen LogP contribution >= 0.6 is 0 Å². The molecule has 2 aromatic carbocycles. The lowest BCUT2D eigenvalue weighted by Gasteiger charge is -2.30. The van der Waals surface area contributed by atoms with Gasteiger partial charge in [-0.1, -0.05) is 30.3 Å². The minimum atomic E-state index is -0.498. The lowest BCUT2D eigenvalue weighted by atomic mass is 10.0. The van der Waals surface area contributed by atoms with E-state index in [-0.39, 0.29) is 17.5 Å². The number of nitrogens with one attached hydrogen (secondary N) is 3. The van der Waals surface area contributed by atoms with Gasteiger partial charge >= 0.3 is 0 Å². The van der Waals surface area contributed by atoms with Gasteiger partial charge in [-0.3, -0.25) is 9.59 Å². The summed E-state index contributed by atoms with van der Waals surface area (Å²) in [4.78, 5) is 27.1. The average molecular weight is 430 g/mol. The number of carbonyl (C=O) groups is 2. The van der Waals surface area contributed by atoms with Crippen molar-refractivity contribution in [1.82, 2.24) is 5.32 Å². The maximum atomic E-state index is 13.6. The van der Waals surface area contributed by atoms with Gasteiger partial charge < -0.3 is 19.9 Å². The van der Waals surface area contributed by atoms with E-state index >= 15 is 0 Å². The van der Waals surface area contributed by atoms with Crippen molar-refractivity contribution in [3.63, 3.8) is 0 Å². The maximum Gasteiger partial charge on any atom is 0.275 e. The monoisotopic (exact) mass is 429 g/mol. The minimum absolute atomic E-state index is 0.0366. The first-order chi connectivity index (χ1) is 14.9. The number of quaternary nitrogens is 2. The van der Waals surface area contributed by atoms with Crippen molar-refractivity contribution >= 4 is 11.7 Å². The van der Waals surface area contributed by atoms with Crippen molar-refractivity contribution in [2.24, 2.45) is 0 Å². The second kappa shape index (κ2) is 11.0. The molecule has 1 saturated heterocycles. The van der Waals surface area contributed by atoms with Gasteiger partial charge in [0.25, 0.3) is 5.91 Å². The Morgan fingerprint density at radius 3 is 2.39 bits per heavy atom. The molecule has 31 heavy (non-hydrogen) atoms. The van der Waals surface area contributed by atoms with E-state index in [1.807, 2.05) is 30.3 Å². The zero-order valence-electron chi connectivity index (χ0n) is 18.2. The highest BCUT2D eigenvalue weighted by Gasteiger charge is 2.27. The van der Waals surface area contributed by atoms with E-state index in [1.54, 1.807) is 13.2 Å². The van der Waals surface area contributed by atoms with Gasteiger partial charge in [0.2, 0.25) is 0 Å². The van der Waals surface area contributed by atoms with Gasteiger partial charge in [0.1, 0.15) is 44.3 Å². The molecule has 1 atom stereocenters. The quantitative estimate of drug-likeness (QED) is 0.501. The van der Waals surface area contributed by atoms with Crippen LogP contribution in [-0.4, -0.2) is 57.6 Å². The Kier molecular flexibility index (Phi) is 8.14. The Morgan fingerprint density at radius 2 is 1.74 bits per heavy atom. The van der Waals surface area contributed by atoms with Crippen LogP contribution in [0.25, 0.3) is 0 Å². The molecule has 1 fully saturated rings. The Balaban J connectivity index is 1.47. The number of ketones is 1. The number of piperazine rings is 1. The summed E-state index contributed by atoms with van der Waals surface area (Å²) in [5, 5.41) is 2.91. The third kappa shape index (κ3) is 6.87. The Morgan fingerprint density at radius 1 is 1.06 bits per heavy atom. The number of benzene rings is 2. The number of amides is 1. The summed E-state index contributed by atoms with van der Waals surface area (Å²) in [6.07, 6.45) is 0.505. The molecule has 0 saturated carbocycles. The van der Waals surface area contributed by atoms with Crippen LogP contribution < -0.4 is 19.9 Å². The van der Waals surface area contributed by atoms with Gasteiger partial charge in [-0.25, -0.2) is 4.39 Å². The molecule has 0 radical (unpaired) electrons. The molecule has 2 aromatic rings. The second-order valence-corrected chi connectivity index (χ2v) is 8.23. The number of halogens is 1. The molecular formula is C24H32FN3O3+2. The number of hydrogen-bond donors (Lipinski definition) is 3. The first kappa shape index (κ1) is 22.9. The fourth-order valence-electron chi connectivity index (χ4n) is 4.08. The van der Waals surface area contributed by atoms with Gasteiger partial charge in [0, 0.05) is 0 Å². The topological polar surface area (TPSA) is 64.3 Å². The van der Waals surface area contributed by atoms with Crippen molar-refractivity contribution in [3.05, 3.63) is 65.5 Å². The second-order valence-electron chi connectivity index (χ2n) is 8.23. The Labute approximate surface area is 183 Å². The molecule has 0 bridgehead atoms. The third-order valence-electron chi connectivity index (χ3n) is 5.87. The predicted molar refractivity (Wildman–Crippen MR) is 116 cm³/mol. The summed E-state index contributed by atoms with van der Waals surface area (Å²) in [6, 6.07) is 13.8. The van der Waals surface area contributed by atoms with Gasteiger partial charge in [0.15, 0.2) is 12.3 Å². The molecule has 1 heterocycles. The first-order valence-electron chi connectivity index (χ1n) is 10.8. The molecule has 1 aliphatic heterocycles. The van der Waals surface area contributed by atoms with Crippen LogP contribution in [0.15, 0.2) is 48.5 Å². The molecule has 3 N–H and O–H groups in total. The SMILES string of the molecule is COc1ccc(F)cc1C[NH+]1CC[NH+](CC(=O)N[C@@H](Cc2ccccc2)C(C)=O)CC1. The molecule has 166 valence electrons. The summed E-state index contributed by atoms with van der Waals surface area (Å²) in [6.45, 7) is 6.06. The van der Waals surface area contributed by atoms with Crippen molar-refractivity contribution in [2.75, 3.05) is 39.8 Å². The average Bonchev–Trinajstić information content (AvgIpc) is 2.75. The zero-order valence-corrected chi connectivity index (χ0v) is 18.2. The van der Waals surface area contributed by atoms with E-state index < -0.39 is 6.04 Å². The van der Waals surface area contributed by atoms with Crippen molar-refractivity contribution < 1.29 is 28.5 Å². The highest BCUT2D eigenvalue weighted by Crippen LogP contribution is 2.18. The molecule has 0 aromatic heterocycles. The molecule has 0 unspecified atom stereocenters. The van der Waals surface area contributed by atoms with E-state index in [4.69, 9.17) is 4.74 Å². The fourth-order valence-corrected chi connectivity index (χ4v) is 4.08. The largest absolute Gasteiger partial charge is 0.496 e. The van der Waals surface area contributed by atoms with Crippen LogP contribution in [0, 0.1) is 5.82 Å². The standard InChI is InChI=1S/C24H30FN3O3/c1-18(29)22(14-19-6-4-3-5-7-19)26-24(30)17-28-12-10-27(11-13-28)16-20-15-21(25)8-9-23(20)31-2/h3-9,15,22H,10-14,16-17H2,1-2H3,(H,26,30)/p+2/t22-/m0/s1. The summed E-state index contributed by atoms with van der Waals surface area (Å²) < 4.78 is 19.0. The summed E-state index contributed by atoms with van der Waals surface area (Å²) in [7, 11) is 1.60. The van der Waals surface area contributed by atoms with Crippen LogP contribution in [0.4, 0.5) is 4.39 Å². The minimum Gasteiger partial charge on any atom is -0.496 e.